The summed E-state index contributed by atoms with van der Waals surface area (Å²) in [6, 6.07) is 9.20. The van der Waals surface area contributed by atoms with Crippen LogP contribution in [0.1, 0.15) is 25.5 Å². The molecule has 1 N–H and O–H groups in total. The number of nitrogens with zero attached hydrogens (tertiary/aromatic N) is 3. The molecule has 1 aromatic heterocycles. The predicted molar refractivity (Wildman–Crippen MR) is 82.8 cm³/mol. The fourth-order valence-corrected chi connectivity index (χ4v) is 3.20. The van der Waals surface area contributed by atoms with Crippen molar-refractivity contribution < 1.29 is 0 Å². The van der Waals surface area contributed by atoms with Crippen LogP contribution in [0.4, 0.5) is 0 Å². The van der Waals surface area contributed by atoms with E-state index in [1.807, 2.05) is 0 Å². The van der Waals surface area contributed by atoms with E-state index in [-0.39, 0.29) is 0 Å². The SMILES string of the molecule is CCn1nc(CN2CCCC(NC)C2)c2ccccc21. The lowest BCUT2D eigenvalue weighted by Gasteiger charge is -2.32. The fraction of sp³-hybridized carbons (Fsp3) is 0.562. The lowest BCUT2D eigenvalue weighted by Crippen LogP contribution is -2.43. The molecule has 0 amide bonds. The van der Waals surface area contributed by atoms with Crippen molar-refractivity contribution in [2.24, 2.45) is 0 Å². The molecule has 1 aromatic carbocycles. The highest BCUT2D eigenvalue weighted by Crippen LogP contribution is 2.21. The van der Waals surface area contributed by atoms with Gasteiger partial charge in [-0.15, -0.1) is 0 Å². The van der Waals surface area contributed by atoms with Crippen molar-refractivity contribution in [3.8, 4) is 0 Å². The van der Waals surface area contributed by atoms with E-state index in [1.54, 1.807) is 0 Å². The molecule has 4 nitrogen and oxygen atoms in total. The van der Waals surface area contributed by atoms with Crippen molar-refractivity contribution in [1.82, 2.24) is 20.0 Å². The van der Waals surface area contributed by atoms with E-state index in [2.05, 4.69) is 53.1 Å². The zero-order valence-corrected chi connectivity index (χ0v) is 12.5. The molecule has 0 spiro atoms. The normalized spacial score (nSPS) is 20.6. The first-order valence-corrected chi connectivity index (χ1v) is 7.66. The average Bonchev–Trinajstić information content (AvgIpc) is 2.86. The van der Waals surface area contributed by atoms with Gasteiger partial charge in [-0.1, -0.05) is 18.2 Å². The molecule has 2 aromatic rings. The lowest BCUT2D eigenvalue weighted by molar-refractivity contribution is 0.186. The van der Waals surface area contributed by atoms with Crippen molar-refractivity contribution in [3.05, 3.63) is 30.0 Å². The summed E-state index contributed by atoms with van der Waals surface area (Å²) in [5.41, 5.74) is 2.48. The summed E-state index contributed by atoms with van der Waals surface area (Å²) in [7, 11) is 2.06. The third-order valence-corrected chi connectivity index (χ3v) is 4.32. The molecule has 1 saturated heterocycles. The number of benzene rings is 1. The number of hydrogen-bond acceptors (Lipinski definition) is 3. The minimum Gasteiger partial charge on any atom is -0.316 e. The van der Waals surface area contributed by atoms with Crippen LogP contribution in [0.2, 0.25) is 0 Å². The van der Waals surface area contributed by atoms with Crippen LogP contribution < -0.4 is 5.32 Å². The van der Waals surface area contributed by atoms with E-state index < -0.39 is 0 Å². The van der Waals surface area contributed by atoms with Crippen LogP contribution in [0, 0.1) is 0 Å². The van der Waals surface area contributed by atoms with Gasteiger partial charge in [0.1, 0.15) is 0 Å². The molecule has 3 rings (SSSR count). The number of para-hydroxylation sites is 1. The van der Waals surface area contributed by atoms with Crippen molar-refractivity contribution >= 4 is 10.9 Å². The predicted octanol–water partition coefficient (Wildman–Crippen LogP) is 2.24. The fourth-order valence-electron chi connectivity index (χ4n) is 3.20. The van der Waals surface area contributed by atoms with Gasteiger partial charge in [0.2, 0.25) is 0 Å². The quantitative estimate of drug-likeness (QED) is 0.926. The van der Waals surface area contributed by atoms with E-state index in [0.717, 1.165) is 19.6 Å². The Kier molecular flexibility index (Phi) is 4.03. The standard InChI is InChI=1S/C16H24N4/c1-3-20-16-9-5-4-8-14(16)15(18-20)12-19-10-6-7-13(11-19)17-2/h4-5,8-9,13,17H,3,6-7,10-12H2,1-2H3. The minimum atomic E-state index is 0.628. The second-order valence-corrected chi connectivity index (χ2v) is 5.64. The monoisotopic (exact) mass is 272 g/mol. The zero-order chi connectivity index (χ0) is 13.9. The second-order valence-electron chi connectivity index (χ2n) is 5.64. The molecule has 0 radical (unpaired) electrons. The molecular formula is C16H24N4. The Labute approximate surface area is 120 Å². The Morgan fingerprint density at radius 2 is 2.20 bits per heavy atom. The van der Waals surface area contributed by atoms with Crippen molar-refractivity contribution in [3.63, 3.8) is 0 Å². The summed E-state index contributed by atoms with van der Waals surface area (Å²) in [5, 5.41) is 9.52. The smallest absolute Gasteiger partial charge is 0.0843 e. The number of piperidine rings is 1. The van der Waals surface area contributed by atoms with Crippen LogP contribution in [0.3, 0.4) is 0 Å². The highest BCUT2D eigenvalue weighted by atomic mass is 15.3. The maximum absolute atomic E-state index is 4.81. The van der Waals surface area contributed by atoms with E-state index in [1.165, 1.54) is 36.0 Å². The molecule has 4 heteroatoms. The largest absolute Gasteiger partial charge is 0.316 e. The van der Waals surface area contributed by atoms with Crippen LogP contribution in [0.5, 0.6) is 0 Å². The minimum absolute atomic E-state index is 0.628. The molecule has 108 valence electrons. The molecule has 20 heavy (non-hydrogen) atoms. The van der Waals surface area contributed by atoms with Crippen LogP contribution in [-0.4, -0.2) is 40.9 Å². The maximum Gasteiger partial charge on any atom is 0.0843 e. The van der Waals surface area contributed by atoms with Gasteiger partial charge in [-0.3, -0.25) is 9.58 Å². The highest BCUT2D eigenvalue weighted by molar-refractivity contribution is 5.81. The number of fused-ring (bicyclic) bond motifs is 1. The highest BCUT2D eigenvalue weighted by Gasteiger charge is 2.20. The van der Waals surface area contributed by atoms with E-state index in [9.17, 15) is 0 Å². The van der Waals surface area contributed by atoms with Gasteiger partial charge in [-0.25, -0.2) is 0 Å². The van der Waals surface area contributed by atoms with Crippen LogP contribution in [-0.2, 0) is 13.1 Å². The lowest BCUT2D eigenvalue weighted by atomic mass is 10.1. The Balaban J connectivity index is 1.83. The third kappa shape index (κ3) is 2.58. The summed E-state index contributed by atoms with van der Waals surface area (Å²) < 4.78 is 2.12. The van der Waals surface area contributed by atoms with Crippen molar-refractivity contribution in [1.29, 1.82) is 0 Å². The van der Waals surface area contributed by atoms with E-state index >= 15 is 0 Å². The first-order valence-electron chi connectivity index (χ1n) is 7.66. The number of nitrogens with one attached hydrogen (secondary N) is 1. The topological polar surface area (TPSA) is 33.1 Å². The van der Waals surface area contributed by atoms with Gasteiger partial charge in [0.25, 0.3) is 0 Å². The molecule has 1 atom stereocenters. The molecule has 1 aliphatic rings. The van der Waals surface area contributed by atoms with Crippen molar-refractivity contribution in [2.45, 2.75) is 38.9 Å². The number of likely N-dealkylation sites (N-methyl/N-ethyl adjacent to an activating group) is 1. The molecule has 2 heterocycles. The molecule has 1 unspecified atom stereocenters. The van der Waals surface area contributed by atoms with Crippen molar-refractivity contribution in [2.75, 3.05) is 20.1 Å². The Morgan fingerprint density at radius 3 is 3.00 bits per heavy atom. The molecule has 1 aliphatic heterocycles. The summed E-state index contributed by atoms with van der Waals surface area (Å²) >= 11 is 0. The Morgan fingerprint density at radius 1 is 1.35 bits per heavy atom. The van der Waals surface area contributed by atoms with Gasteiger partial charge >= 0.3 is 0 Å². The van der Waals surface area contributed by atoms with Gasteiger partial charge in [-0.05, 0) is 39.4 Å². The summed E-state index contributed by atoms with van der Waals surface area (Å²) in [6.07, 6.45) is 2.56. The molecular weight excluding hydrogens is 248 g/mol. The van der Waals surface area contributed by atoms with Gasteiger partial charge in [0.05, 0.1) is 11.2 Å². The maximum atomic E-state index is 4.81. The van der Waals surface area contributed by atoms with Crippen LogP contribution in [0.15, 0.2) is 24.3 Å². The summed E-state index contributed by atoms with van der Waals surface area (Å²) in [5.74, 6) is 0. The molecule has 0 bridgehead atoms. The molecule has 0 aliphatic carbocycles. The number of likely N-dealkylation sites (tertiary alicyclic amines) is 1. The first kappa shape index (κ1) is 13.6. The average molecular weight is 272 g/mol. The van der Waals surface area contributed by atoms with Gasteiger partial charge < -0.3 is 5.32 Å². The number of rotatable bonds is 4. The van der Waals surface area contributed by atoms with E-state index in [4.69, 9.17) is 5.10 Å². The van der Waals surface area contributed by atoms with Gasteiger partial charge in [0.15, 0.2) is 0 Å². The van der Waals surface area contributed by atoms with E-state index in [0.29, 0.717) is 6.04 Å². The Bertz CT molecular complexity index is 575. The van der Waals surface area contributed by atoms with Crippen LogP contribution >= 0.6 is 0 Å². The summed E-state index contributed by atoms with van der Waals surface area (Å²) in [4.78, 5) is 2.53. The first-order chi connectivity index (χ1) is 9.81. The Hall–Kier alpha value is -1.39. The number of aromatic nitrogens is 2. The molecule has 1 fully saturated rings. The zero-order valence-electron chi connectivity index (χ0n) is 12.5. The van der Waals surface area contributed by atoms with Gasteiger partial charge in [-0.2, -0.15) is 5.10 Å². The number of hydrogen-bond donors (Lipinski definition) is 1. The molecule has 0 saturated carbocycles. The van der Waals surface area contributed by atoms with Gasteiger partial charge in [0, 0.05) is 31.1 Å². The summed E-state index contributed by atoms with van der Waals surface area (Å²) in [6.45, 7) is 6.36. The number of aryl methyl sites for hydroxylation is 1. The van der Waals surface area contributed by atoms with Crippen LogP contribution in [0.25, 0.3) is 10.9 Å². The second kappa shape index (κ2) is 5.94. The third-order valence-electron chi connectivity index (χ3n) is 4.32.